The van der Waals surface area contributed by atoms with Crippen molar-refractivity contribution in [3.8, 4) is 0 Å². The van der Waals surface area contributed by atoms with E-state index >= 15 is 0 Å². The van der Waals surface area contributed by atoms with Crippen LogP contribution in [-0.2, 0) is 0 Å². The van der Waals surface area contributed by atoms with Gasteiger partial charge in [-0.2, -0.15) is 9.49 Å². The Kier molecular flexibility index (Phi) is 3.48. The molecule has 0 aliphatic carbocycles. The summed E-state index contributed by atoms with van der Waals surface area (Å²) >= 11 is 12.0. The van der Waals surface area contributed by atoms with Crippen LogP contribution in [0.15, 0.2) is 30.6 Å². The van der Waals surface area contributed by atoms with Crippen molar-refractivity contribution in [2.45, 2.75) is 0 Å². The number of fused-ring (bicyclic) bond motifs is 1. The number of carbonyl (C=O) groups excluding carboxylic acids is 1. The molecule has 2 heterocycles. The highest BCUT2D eigenvalue weighted by Crippen LogP contribution is 2.30. The maximum atomic E-state index is 13.6. The van der Waals surface area contributed by atoms with Crippen molar-refractivity contribution in [3.05, 3.63) is 52.1 Å². The summed E-state index contributed by atoms with van der Waals surface area (Å²) in [5.74, 6) is -1.67. The average molecular weight is 325 g/mol. The number of anilines is 1. The second-order valence-corrected chi connectivity index (χ2v) is 4.96. The maximum Gasteiger partial charge on any atom is 0.261 e. The number of aromatic nitrogens is 3. The number of hydrogen-bond acceptors (Lipinski definition) is 3. The summed E-state index contributed by atoms with van der Waals surface area (Å²) in [7, 11) is 0. The number of hydrogen-bond donors (Lipinski definition) is 2. The van der Waals surface area contributed by atoms with E-state index in [-0.39, 0.29) is 10.6 Å². The van der Waals surface area contributed by atoms with Gasteiger partial charge in [-0.15, -0.1) is 0 Å². The first-order valence-corrected chi connectivity index (χ1v) is 6.56. The van der Waals surface area contributed by atoms with Crippen molar-refractivity contribution in [1.29, 1.82) is 0 Å². The van der Waals surface area contributed by atoms with Gasteiger partial charge in [0.1, 0.15) is 5.56 Å². The minimum atomic E-state index is -0.944. The molecule has 8 heteroatoms. The summed E-state index contributed by atoms with van der Waals surface area (Å²) < 4.78 is 13.6. The minimum absolute atomic E-state index is 0.0273. The predicted octanol–water partition coefficient (Wildman–Crippen LogP) is 3.66. The minimum Gasteiger partial charge on any atom is -0.320 e. The van der Waals surface area contributed by atoms with Crippen LogP contribution in [0.4, 0.5) is 10.1 Å². The van der Waals surface area contributed by atoms with Crippen LogP contribution < -0.4 is 5.32 Å². The van der Waals surface area contributed by atoms with Gasteiger partial charge < -0.3 is 5.32 Å². The van der Waals surface area contributed by atoms with Crippen molar-refractivity contribution in [3.63, 3.8) is 0 Å². The van der Waals surface area contributed by atoms with Gasteiger partial charge in [0, 0.05) is 11.6 Å². The Balaban J connectivity index is 1.98. The van der Waals surface area contributed by atoms with E-state index in [1.54, 1.807) is 12.1 Å². The van der Waals surface area contributed by atoms with E-state index in [4.69, 9.17) is 23.2 Å². The summed E-state index contributed by atoms with van der Waals surface area (Å²) in [6, 6.07) is 4.62. The highest BCUT2D eigenvalue weighted by Gasteiger charge is 2.18. The molecule has 0 saturated heterocycles. The molecule has 0 radical (unpaired) electrons. The van der Waals surface area contributed by atoms with E-state index in [0.717, 1.165) is 5.52 Å². The summed E-state index contributed by atoms with van der Waals surface area (Å²) in [5.41, 5.74) is 0.723. The Bertz CT molecular complexity index is 829. The SMILES string of the molecule is O=C(Nc1ccc2[nH]ncc2c1Cl)c1c(Cl)ccnc1F. The summed E-state index contributed by atoms with van der Waals surface area (Å²) in [6.45, 7) is 0. The van der Waals surface area contributed by atoms with Gasteiger partial charge in [0.05, 0.1) is 27.4 Å². The number of nitrogens with zero attached hydrogens (tertiary/aromatic N) is 2. The Hall–Kier alpha value is -2.18. The van der Waals surface area contributed by atoms with E-state index in [2.05, 4.69) is 20.5 Å². The van der Waals surface area contributed by atoms with E-state index in [1.807, 2.05) is 0 Å². The van der Waals surface area contributed by atoms with Gasteiger partial charge in [0.25, 0.3) is 5.91 Å². The monoisotopic (exact) mass is 324 g/mol. The molecule has 2 aromatic heterocycles. The van der Waals surface area contributed by atoms with Crippen molar-refractivity contribution in [2.24, 2.45) is 0 Å². The van der Waals surface area contributed by atoms with Gasteiger partial charge in [-0.05, 0) is 18.2 Å². The first-order chi connectivity index (χ1) is 10.1. The maximum absolute atomic E-state index is 13.6. The van der Waals surface area contributed by atoms with Gasteiger partial charge in [-0.25, -0.2) is 4.98 Å². The number of aromatic amines is 1. The highest BCUT2D eigenvalue weighted by atomic mass is 35.5. The highest BCUT2D eigenvalue weighted by molar-refractivity contribution is 6.39. The number of pyridine rings is 1. The fourth-order valence-corrected chi connectivity index (χ4v) is 2.36. The summed E-state index contributed by atoms with van der Waals surface area (Å²) in [5, 5.41) is 10.0. The van der Waals surface area contributed by atoms with Gasteiger partial charge in [-0.1, -0.05) is 23.2 Å². The lowest BCUT2D eigenvalue weighted by atomic mass is 10.2. The standard InChI is InChI=1S/C13H7Cl2FN4O/c14-7-3-4-17-12(16)10(7)13(21)19-9-2-1-8-6(11(9)15)5-18-20-8/h1-5H,(H,18,20)(H,19,21). The summed E-state index contributed by atoms with van der Waals surface area (Å²) in [4.78, 5) is 15.5. The molecule has 1 amide bonds. The molecular formula is C13H7Cl2FN4O. The third-order valence-corrected chi connectivity index (χ3v) is 3.61. The fraction of sp³-hybridized carbons (Fsp3) is 0. The molecule has 21 heavy (non-hydrogen) atoms. The Morgan fingerprint density at radius 1 is 1.29 bits per heavy atom. The second-order valence-electron chi connectivity index (χ2n) is 4.17. The van der Waals surface area contributed by atoms with Crippen LogP contribution in [0, 0.1) is 5.95 Å². The Labute approximate surface area is 128 Å². The van der Waals surface area contributed by atoms with Crippen LogP contribution in [0.3, 0.4) is 0 Å². The number of halogens is 3. The number of carbonyl (C=O) groups is 1. The molecule has 5 nitrogen and oxygen atoms in total. The third-order valence-electron chi connectivity index (χ3n) is 2.89. The smallest absolute Gasteiger partial charge is 0.261 e. The zero-order valence-electron chi connectivity index (χ0n) is 10.3. The van der Waals surface area contributed by atoms with Gasteiger partial charge in [-0.3, -0.25) is 9.89 Å². The number of nitrogens with one attached hydrogen (secondary N) is 2. The first-order valence-electron chi connectivity index (χ1n) is 5.81. The molecule has 2 N–H and O–H groups in total. The number of benzene rings is 1. The number of H-pyrrole nitrogens is 1. The van der Waals surface area contributed by atoms with Gasteiger partial charge in [0.15, 0.2) is 0 Å². The van der Waals surface area contributed by atoms with Crippen molar-refractivity contribution >= 4 is 45.7 Å². The van der Waals surface area contributed by atoms with Crippen LogP contribution in [0.5, 0.6) is 0 Å². The van der Waals surface area contributed by atoms with Crippen LogP contribution in [0.1, 0.15) is 10.4 Å². The van der Waals surface area contributed by atoms with E-state index in [9.17, 15) is 9.18 Å². The van der Waals surface area contributed by atoms with Crippen LogP contribution in [0.25, 0.3) is 10.9 Å². The largest absolute Gasteiger partial charge is 0.320 e. The van der Waals surface area contributed by atoms with E-state index in [1.165, 1.54) is 18.5 Å². The zero-order valence-corrected chi connectivity index (χ0v) is 11.8. The molecule has 0 spiro atoms. The fourth-order valence-electron chi connectivity index (χ4n) is 1.88. The molecule has 0 atom stereocenters. The predicted molar refractivity (Wildman–Crippen MR) is 78.3 cm³/mol. The summed E-state index contributed by atoms with van der Waals surface area (Å²) in [6.07, 6.45) is 2.71. The van der Waals surface area contributed by atoms with Gasteiger partial charge in [0.2, 0.25) is 5.95 Å². The van der Waals surface area contributed by atoms with Crippen LogP contribution in [0.2, 0.25) is 10.0 Å². The van der Waals surface area contributed by atoms with Crippen molar-refractivity contribution in [2.75, 3.05) is 5.32 Å². The lowest BCUT2D eigenvalue weighted by molar-refractivity contribution is 0.102. The van der Waals surface area contributed by atoms with Crippen LogP contribution >= 0.6 is 23.2 Å². The molecule has 3 aromatic rings. The van der Waals surface area contributed by atoms with Crippen molar-refractivity contribution in [1.82, 2.24) is 15.2 Å². The number of amides is 1. The third kappa shape index (κ3) is 2.43. The van der Waals surface area contributed by atoms with E-state index in [0.29, 0.717) is 16.1 Å². The average Bonchev–Trinajstić information content (AvgIpc) is 2.91. The zero-order chi connectivity index (χ0) is 15.0. The Morgan fingerprint density at radius 2 is 2.10 bits per heavy atom. The first kappa shape index (κ1) is 13.8. The number of rotatable bonds is 2. The molecule has 0 fully saturated rings. The molecule has 0 unspecified atom stereocenters. The van der Waals surface area contributed by atoms with E-state index < -0.39 is 11.9 Å². The molecule has 0 aliphatic heterocycles. The lowest BCUT2D eigenvalue weighted by Crippen LogP contribution is -2.15. The second kappa shape index (κ2) is 5.31. The lowest BCUT2D eigenvalue weighted by Gasteiger charge is -2.09. The molecule has 0 saturated carbocycles. The molecule has 1 aromatic carbocycles. The topological polar surface area (TPSA) is 70.7 Å². The molecule has 106 valence electrons. The van der Waals surface area contributed by atoms with Gasteiger partial charge >= 0.3 is 0 Å². The van der Waals surface area contributed by atoms with Crippen molar-refractivity contribution < 1.29 is 9.18 Å². The quantitative estimate of drug-likeness (QED) is 0.707. The Morgan fingerprint density at radius 3 is 2.86 bits per heavy atom. The molecule has 0 aliphatic rings. The normalized spacial score (nSPS) is 10.8. The molecule has 3 rings (SSSR count). The molecular weight excluding hydrogens is 318 g/mol. The molecule has 0 bridgehead atoms. The van der Waals surface area contributed by atoms with Crippen LogP contribution in [-0.4, -0.2) is 21.1 Å².